The zero-order chi connectivity index (χ0) is 14.8. The van der Waals surface area contributed by atoms with Crippen LogP contribution < -0.4 is 0 Å². The van der Waals surface area contributed by atoms with Gasteiger partial charge in [0, 0.05) is 18.9 Å². The van der Waals surface area contributed by atoms with Gasteiger partial charge in [0.1, 0.15) is 17.4 Å². The van der Waals surface area contributed by atoms with Gasteiger partial charge in [-0.15, -0.1) is 0 Å². The lowest BCUT2D eigenvalue weighted by molar-refractivity contribution is -0.121. The molecule has 21 heavy (non-hydrogen) atoms. The van der Waals surface area contributed by atoms with E-state index in [-0.39, 0.29) is 5.82 Å². The summed E-state index contributed by atoms with van der Waals surface area (Å²) >= 11 is 0. The van der Waals surface area contributed by atoms with E-state index in [0.717, 1.165) is 75.0 Å². The molecule has 0 N–H and O–H groups in total. The lowest BCUT2D eigenvalue weighted by Gasteiger charge is -2.27. The van der Waals surface area contributed by atoms with Crippen LogP contribution in [0.2, 0.25) is 0 Å². The number of carbonyl (C=O) groups is 1. The zero-order valence-corrected chi connectivity index (χ0v) is 12.3. The number of carbonyl (C=O) groups excluding carboxylic acids is 1. The molecule has 1 fully saturated rings. The monoisotopic (exact) mass is 292 g/mol. The molecule has 1 aromatic rings. The molecular weight excluding hydrogens is 270 g/mol. The van der Waals surface area contributed by atoms with Crippen molar-refractivity contribution in [3.63, 3.8) is 0 Å². The van der Waals surface area contributed by atoms with Gasteiger partial charge < -0.3 is 0 Å². The summed E-state index contributed by atoms with van der Waals surface area (Å²) in [5.74, 6) is 0.778. The van der Waals surface area contributed by atoms with Gasteiger partial charge >= 0.3 is 0 Å². The lowest BCUT2D eigenvalue weighted by Crippen LogP contribution is -2.19. The van der Waals surface area contributed by atoms with Crippen LogP contribution in [0.5, 0.6) is 0 Å². The second-order valence-corrected chi connectivity index (χ2v) is 6.69. The molecule has 0 heterocycles. The topological polar surface area (TPSA) is 17.1 Å². The van der Waals surface area contributed by atoms with Crippen LogP contribution in [0.4, 0.5) is 8.78 Å². The van der Waals surface area contributed by atoms with Gasteiger partial charge in [-0.3, -0.25) is 4.79 Å². The predicted octanol–water partition coefficient (Wildman–Crippen LogP) is 4.61. The highest BCUT2D eigenvalue weighted by Gasteiger charge is 2.24. The van der Waals surface area contributed by atoms with Crippen molar-refractivity contribution in [2.45, 2.75) is 57.8 Å². The van der Waals surface area contributed by atoms with Crippen molar-refractivity contribution in [3.8, 4) is 0 Å². The molecule has 0 aliphatic heterocycles. The Morgan fingerprint density at radius 2 is 1.62 bits per heavy atom. The highest BCUT2D eigenvalue weighted by Crippen LogP contribution is 2.33. The molecule has 2 aliphatic carbocycles. The fourth-order valence-electron chi connectivity index (χ4n) is 3.89. The van der Waals surface area contributed by atoms with E-state index in [1.807, 2.05) is 0 Å². The van der Waals surface area contributed by atoms with E-state index in [4.69, 9.17) is 0 Å². The molecule has 0 saturated heterocycles. The first-order chi connectivity index (χ1) is 10.1. The van der Waals surface area contributed by atoms with E-state index in [9.17, 15) is 13.6 Å². The minimum atomic E-state index is -0.460. The van der Waals surface area contributed by atoms with Crippen molar-refractivity contribution in [2.75, 3.05) is 0 Å². The summed E-state index contributed by atoms with van der Waals surface area (Å²) in [7, 11) is 0. The Morgan fingerprint density at radius 3 is 2.38 bits per heavy atom. The van der Waals surface area contributed by atoms with Gasteiger partial charge in [-0.1, -0.05) is 6.42 Å². The van der Waals surface area contributed by atoms with Crippen molar-refractivity contribution >= 4 is 5.78 Å². The van der Waals surface area contributed by atoms with E-state index in [1.165, 1.54) is 6.07 Å². The molecule has 114 valence electrons. The number of benzene rings is 1. The highest BCUT2D eigenvalue weighted by molar-refractivity contribution is 5.78. The van der Waals surface area contributed by atoms with Crippen LogP contribution in [0.15, 0.2) is 12.1 Å². The van der Waals surface area contributed by atoms with Gasteiger partial charge in [0.2, 0.25) is 0 Å². The van der Waals surface area contributed by atoms with Crippen LogP contribution in [0.3, 0.4) is 0 Å². The second-order valence-electron chi connectivity index (χ2n) is 6.69. The molecule has 1 aromatic carbocycles. The largest absolute Gasteiger partial charge is 0.300 e. The normalized spacial score (nSPS) is 23.1. The Morgan fingerprint density at radius 1 is 0.952 bits per heavy atom. The molecule has 0 radical (unpaired) electrons. The third-order valence-electron chi connectivity index (χ3n) is 5.21. The molecule has 1 atom stereocenters. The molecule has 1 saturated carbocycles. The van der Waals surface area contributed by atoms with Crippen LogP contribution in [-0.2, 0) is 17.6 Å². The van der Waals surface area contributed by atoms with Gasteiger partial charge in [0.05, 0.1) is 0 Å². The first-order valence-corrected chi connectivity index (χ1v) is 8.10. The molecule has 0 bridgehead atoms. The van der Waals surface area contributed by atoms with Gasteiger partial charge in [-0.05, 0) is 67.6 Å². The molecule has 0 amide bonds. The molecule has 3 heteroatoms. The number of hydrogen-bond donors (Lipinski definition) is 0. The summed E-state index contributed by atoms with van der Waals surface area (Å²) in [6.07, 6.45) is 8.37. The maximum atomic E-state index is 13.7. The fraction of sp³-hybridized carbons (Fsp3) is 0.611. The van der Waals surface area contributed by atoms with E-state index < -0.39 is 5.82 Å². The van der Waals surface area contributed by atoms with Crippen molar-refractivity contribution in [3.05, 3.63) is 34.9 Å². The zero-order valence-electron chi connectivity index (χ0n) is 12.3. The number of Topliss-reactive ketones (excluding diaryl/α,β-unsaturated/α-hetero) is 1. The summed E-state index contributed by atoms with van der Waals surface area (Å²) < 4.78 is 27.0. The number of halogens is 2. The fourth-order valence-corrected chi connectivity index (χ4v) is 3.89. The minimum absolute atomic E-state index is 0.380. The second kappa shape index (κ2) is 6.25. The SMILES string of the molecule is O=C1CCC(CCC2CCc3c(F)cc(F)cc3C2)CC1. The quantitative estimate of drug-likeness (QED) is 0.795. The van der Waals surface area contributed by atoms with E-state index >= 15 is 0 Å². The first-order valence-electron chi connectivity index (χ1n) is 8.10. The summed E-state index contributed by atoms with van der Waals surface area (Å²) in [4.78, 5) is 11.2. The molecule has 0 spiro atoms. The van der Waals surface area contributed by atoms with Crippen LogP contribution >= 0.6 is 0 Å². The highest BCUT2D eigenvalue weighted by atomic mass is 19.1. The van der Waals surface area contributed by atoms with E-state index in [1.54, 1.807) is 0 Å². The Kier molecular flexibility index (Phi) is 4.37. The van der Waals surface area contributed by atoms with Gasteiger partial charge in [-0.2, -0.15) is 0 Å². The first kappa shape index (κ1) is 14.7. The van der Waals surface area contributed by atoms with E-state index in [0.29, 0.717) is 17.6 Å². The molecule has 1 nitrogen and oxygen atoms in total. The van der Waals surface area contributed by atoms with Crippen molar-refractivity contribution in [1.29, 1.82) is 0 Å². The number of ketones is 1. The maximum Gasteiger partial charge on any atom is 0.132 e. The Labute approximate surface area is 124 Å². The average molecular weight is 292 g/mol. The average Bonchev–Trinajstić information content (AvgIpc) is 2.46. The predicted molar refractivity (Wildman–Crippen MR) is 78.1 cm³/mol. The summed E-state index contributed by atoms with van der Waals surface area (Å²) in [5.41, 5.74) is 1.58. The van der Waals surface area contributed by atoms with Gasteiger partial charge in [-0.25, -0.2) is 8.78 Å². The third-order valence-corrected chi connectivity index (χ3v) is 5.21. The van der Waals surface area contributed by atoms with Crippen LogP contribution in [0.25, 0.3) is 0 Å². The molecule has 3 rings (SSSR count). The van der Waals surface area contributed by atoms with Crippen molar-refractivity contribution < 1.29 is 13.6 Å². The number of hydrogen-bond acceptors (Lipinski definition) is 1. The smallest absolute Gasteiger partial charge is 0.132 e. The van der Waals surface area contributed by atoms with Crippen LogP contribution in [0, 0.1) is 23.5 Å². The molecule has 0 aromatic heterocycles. The van der Waals surface area contributed by atoms with E-state index in [2.05, 4.69) is 0 Å². The number of fused-ring (bicyclic) bond motifs is 1. The Bertz CT molecular complexity index is 528. The summed E-state index contributed by atoms with van der Waals surface area (Å²) in [6, 6.07) is 2.50. The third kappa shape index (κ3) is 3.50. The summed E-state index contributed by atoms with van der Waals surface area (Å²) in [5, 5.41) is 0. The van der Waals surface area contributed by atoms with Crippen LogP contribution in [0.1, 0.15) is 56.1 Å². The molecule has 2 aliphatic rings. The minimum Gasteiger partial charge on any atom is -0.300 e. The lowest BCUT2D eigenvalue weighted by atomic mass is 9.78. The number of rotatable bonds is 3. The standard InChI is InChI=1S/C18H22F2O/c19-15-10-14-9-13(5-8-17(14)18(20)11-15)2-1-12-3-6-16(21)7-4-12/h10-13H,1-9H2. The molecular formula is C18H22F2O. The van der Waals surface area contributed by atoms with Gasteiger partial charge in [0.25, 0.3) is 0 Å². The maximum absolute atomic E-state index is 13.7. The van der Waals surface area contributed by atoms with Crippen LogP contribution in [-0.4, -0.2) is 5.78 Å². The molecule has 1 unspecified atom stereocenters. The Hall–Kier alpha value is -1.25. The van der Waals surface area contributed by atoms with Crippen molar-refractivity contribution in [2.24, 2.45) is 11.8 Å². The Balaban J connectivity index is 1.55. The van der Waals surface area contributed by atoms with Crippen molar-refractivity contribution in [1.82, 2.24) is 0 Å². The summed E-state index contributed by atoms with van der Waals surface area (Å²) in [6.45, 7) is 0. The van der Waals surface area contributed by atoms with Gasteiger partial charge in [0.15, 0.2) is 0 Å².